The third kappa shape index (κ3) is 4.24. The molecular formula is C20H17N3O6S3. The van der Waals surface area contributed by atoms with Crippen molar-refractivity contribution in [1.82, 2.24) is 4.98 Å². The third-order valence-electron chi connectivity index (χ3n) is 4.60. The van der Waals surface area contributed by atoms with Crippen LogP contribution in [-0.4, -0.2) is 28.1 Å². The first kappa shape index (κ1) is 22.0. The van der Waals surface area contributed by atoms with Crippen LogP contribution in [0.2, 0.25) is 0 Å². The molecule has 0 aliphatic rings. The summed E-state index contributed by atoms with van der Waals surface area (Å²) in [5.41, 5.74) is 0.879. The summed E-state index contributed by atoms with van der Waals surface area (Å²) in [6.07, 6.45) is 2.66. The van der Waals surface area contributed by atoms with Crippen LogP contribution in [0, 0.1) is 0 Å². The topological polar surface area (TPSA) is 135 Å². The molecule has 2 N–H and O–H groups in total. The number of carbonyl (C=O) groups is 1. The molecule has 0 saturated carbocycles. The predicted molar refractivity (Wildman–Crippen MR) is 121 cm³/mol. The number of hydrogen-bond acceptors (Lipinski definition) is 8. The van der Waals surface area contributed by atoms with E-state index in [1.165, 1.54) is 48.7 Å². The largest absolute Gasteiger partial charge is 0.460 e. The average molecular weight is 492 g/mol. The maximum atomic E-state index is 12.8. The summed E-state index contributed by atoms with van der Waals surface area (Å²) in [5.74, 6) is 0.487. The molecule has 12 heteroatoms. The first-order valence-electron chi connectivity index (χ1n) is 9.29. The second-order valence-corrected chi connectivity index (χ2v) is 10.9. The number of benzene rings is 2. The third-order valence-corrected chi connectivity index (χ3v) is 8.15. The van der Waals surface area contributed by atoms with Gasteiger partial charge in [-0.05, 0) is 36.4 Å². The molecule has 2 heterocycles. The second-order valence-electron chi connectivity index (χ2n) is 6.64. The van der Waals surface area contributed by atoms with Crippen LogP contribution in [0.5, 0.6) is 0 Å². The van der Waals surface area contributed by atoms with Crippen molar-refractivity contribution in [3.05, 3.63) is 65.4 Å². The van der Waals surface area contributed by atoms with Crippen molar-refractivity contribution >= 4 is 59.5 Å². The molecular weight excluding hydrogens is 474 g/mol. The lowest BCUT2D eigenvalue weighted by Crippen LogP contribution is -2.14. The number of aldehydes is 1. The summed E-state index contributed by atoms with van der Waals surface area (Å²) in [6, 6.07) is 9.51. The average Bonchev–Trinajstić information content (AvgIpc) is 3.39. The maximum Gasteiger partial charge on any atom is 0.263 e. The maximum absolute atomic E-state index is 12.8. The van der Waals surface area contributed by atoms with E-state index >= 15 is 0 Å². The van der Waals surface area contributed by atoms with Gasteiger partial charge in [0.2, 0.25) is 0 Å². The fraction of sp³-hybridized carbons (Fsp3) is 0.100. The van der Waals surface area contributed by atoms with Crippen LogP contribution in [0.15, 0.2) is 68.2 Å². The van der Waals surface area contributed by atoms with Crippen molar-refractivity contribution in [3.8, 4) is 0 Å². The van der Waals surface area contributed by atoms with Crippen LogP contribution in [0.3, 0.4) is 0 Å². The van der Waals surface area contributed by atoms with E-state index in [-0.39, 0.29) is 20.6 Å². The number of anilines is 2. The minimum Gasteiger partial charge on any atom is -0.460 e. The lowest BCUT2D eigenvalue weighted by Gasteiger charge is -2.10. The van der Waals surface area contributed by atoms with Gasteiger partial charge in [0.05, 0.1) is 15.4 Å². The van der Waals surface area contributed by atoms with Crippen molar-refractivity contribution in [2.24, 2.45) is 0 Å². The number of furan rings is 1. The molecule has 4 rings (SSSR count). The zero-order valence-electron chi connectivity index (χ0n) is 16.6. The first-order valence-corrected chi connectivity index (χ1v) is 13.1. The summed E-state index contributed by atoms with van der Waals surface area (Å²) in [4.78, 5) is 15.1. The Bertz CT molecular complexity index is 1490. The van der Waals surface area contributed by atoms with Gasteiger partial charge in [-0.1, -0.05) is 6.92 Å². The molecule has 166 valence electrons. The van der Waals surface area contributed by atoms with Gasteiger partial charge >= 0.3 is 0 Å². The van der Waals surface area contributed by atoms with Crippen LogP contribution in [0.1, 0.15) is 23.0 Å². The quantitative estimate of drug-likeness (QED) is 0.357. The van der Waals surface area contributed by atoms with E-state index in [0.717, 1.165) is 11.3 Å². The van der Waals surface area contributed by atoms with Gasteiger partial charge in [-0.2, -0.15) is 0 Å². The number of nitrogens with zero attached hydrogens (tertiary/aromatic N) is 1. The monoisotopic (exact) mass is 491 g/mol. The van der Waals surface area contributed by atoms with E-state index in [1.54, 1.807) is 5.38 Å². The highest BCUT2D eigenvalue weighted by atomic mass is 32.2. The molecule has 0 fully saturated rings. The van der Waals surface area contributed by atoms with E-state index in [4.69, 9.17) is 4.42 Å². The minimum absolute atomic E-state index is 0.0406. The van der Waals surface area contributed by atoms with Gasteiger partial charge in [-0.25, -0.2) is 21.8 Å². The Labute approximate surface area is 188 Å². The molecule has 0 unspecified atom stereocenters. The van der Waals surface area contributed by atoms with Gasteiger partial charge in [-0.15, -0.1) is 11.3 Å². The predicted octanol–water partition coefficient (Wildman–Crippen LogP) is 3.87. The normalized spacial score (nSPS) is 12.0. The van der Waals surface area contributed by atoms with Crippen LogP contribution in [0.4, 0.5) is 10.8 Å². The van der Waals surface area contributed by atoms with Gasteiger partial charge in [0, 0.05) is 35.1 Å². The van der Waals surface area contributed by atoms with Crippen molar-refractivity contribution in [3.63, 3.8) is 0 Å². The van der Waals surface area contributed by atoms with Crippen LogP contribution in [-0.2, 0) is 26.5 Å². The van der Waals surface area contributed by atoms with Crippen molar-refractivity contribution < 1.29 is 26.0 Å². The molecule has 9 nitrogen and oxygen atoms in total. The number of nitrogens with one attached hydrogen (secondary N) is 2. The van der Waals surface area contributed by atoms with E-state index in [9.17, 15) is 21.6 Å². The van der Waals surface area contributed by atoms with Gasteiger partial charge in [0.15, 0.2) is 11.4 Å². The highest BCUT2D eigenvalue weighted by Crippen LogP contribution is 2.28. The molecule has 0 amide bonds. The summed E-state index contributed by atoms with van der Waals surface area (Å²) in [6.45, 7) is 1.83. The fourth-order valence-corrected chi connectivity index (χ4v) is 5.93. The first-order chi connectivity index (χ1) is 15.2. The molecule has 0 bridgehead atoms. The lowest BCUT2D eigenvalue weighted by molar-refractivity contribution is 0.112. The molecule has 32 heavy (non-hydrogen) atoms. The van der Waals surface area contributed by atoms with E-state index < -0.39 is 20.0 Å². The minimum atomic E-state index is -3.98. The molecule has 2 aromatic carbocycles. The smallest absolute Gasteiger partial charge is 0.263 e. The second kappa shape index (κ2) is 8.37. The summed E-state index contributed by atoms with van der Waals surface area (Å²) in [5, 5.41) is 2.41. The molecule has 0 aliphatic carbocycles. The molecule has 2 aromatic heterocycles. The highest BCUT2D eigenvalue weighted by molar-refractivity contribution is 7.93. The number of aryl methyl sites for hydroxylation is 1. The number of fused-ring (bicyclic) bond motifs is 1. The van der Waals surface area contributed by atoms with Crippen molar-refractivity contribution in [1.29, 1.82) is 0 Å². The fourth-order valence-electron chi connectivity index (χ4n) is 3.07. The Balaban J connectivity index is 1.57. The number of sulfonamides is 2. The zero-order chi connectivity index (χ0) is 22.9. The molecule has 0 spiro atoms. The van der Waals surface area contributed by atoms with E-state index in [1.807, 2.05) is 6.92 Å². The number of carbonyl (C=O) groups excluding carboxylic acids is 1. The summed E-state index contributed by atoms with van der Waals surface area (Å²) >= 11 is 1.14. The number of aromatic nitrogens is 1. The van der Waals surface area contributed by atoms with Crippen LogP contribution in [0.25, 0.3) is 11.0 Å². The van der Waals surface area contributed by atoms with Crippen LogP contribution < -0.4 is 9.44 Å². The Morgan fingerprint density at radius 3 is 2.31 bits per heavy atom. The Morgan fingerprint density at radius 2 is 1.69 bits per heavy atom. The van der Waals surface area contributed by atoms with Gasteiger partial charge in [-0.3, -0.25) is 14.2 Å². The molecule has 0 saturated heterocycles. The SMILES string of the molecule is CCc1oc2cc(S(=O)(=O)Nc3ccc(S(=O)(=O)Nc4nccs4)cc3)ccc2c1C=O. The standard InChI is InChI=1S/C20H17N3O6S3/c1-2-18-17(12-24)16-8-7-15(11-19(16)29-18)32(27,28)22-13-3-5-14(6-4-13)31(25,26)23-20-21-9-10-30-20/h3-12,22H,2H2,1H3,(H,21,23). The Hall–Kier alpha value is -3.22. The molecule has 4 aromatic rings. The number of thiazole rings is 1. The number of hydrogen-bond donors (Lipinski definition) is 2. The van der Waals surface area contributed by atoms with Gasteiger partial charge in [0.25, 0.3) is 20.0 Å². The Kier molecular flexibility index (Phi) is 5.75. The summed E-state index contributed by atoms with van der Waals surface area (Å²) in [7, 11) is -7.83. The highest BCUT2D eigenvalue weighted by Gasteiger charge is 2.20. The van der Waals surface area contributed by atoms with E-state index in [2.05, 4.69) is 14.4 Å². The van der Waals surface area contributed by atoms with Gasteiger partial charge in [0.1, 0.15) is 11.3 Å². The van der Waals surface area contributed by atoms with Crippen molar-refractivity contribution in [2.45, 2.75) is 23.1 Å². The molecule has 0 atom stereocenters. The van der Waals surface area contributed by atoms with Crippen LogP contribution >= 0.6 is 11.3 Å². The van der Waals surface area contributed by atoms with Crippen molar-refractivity contribution in [2.75, 3.05) is 9.44 Å². The number of rotatable bonds is 8. The van der Waals surface area contributed by atoms with Gasteiger partial charge < -0.3 is 4.42 Å². The summed E-state index contributed by atoms with van der Waals surface area (Å²) < 4.78 is 60.8. The Morgan fingerprint density at radius 1 is 1.00 bits per heavy atom. The molecule has 0 aliphatic heterocycles. The lowest BCUT2D eigenvalue weighted by atomic mass is 10.1. The molecule has 0 radical (unpaired) electrons. The van der Waals surface area contributed by atoms with E-state index in [0.29, 0.717) is 35.0 Å². The zero-order valence-corrected chi connectivity index (χ0v) is 19.1.